The zero-order chi connectivity index (χ0) is 14.8. The maximum Gasteiger partial charge on any atom is 0.330 e. The van der Waals surface area contributed by atoms with Crippen LogP contribution in [0.25, 0.3) is 0 Å². The maximum absolute atomic E-state index is 11.0. The Labute approximate surface area is 123 Å². The molecule has 6 heteroatoms. The highest BCUT2D eigenvalue weighted by atomic mass is 32.2. The number of nitrogens with two attached hydrogens (primary N) is 1. The number of nitrogen functional groups attached to an aromatic ring is 1. The Balaban J connectivity index is 2.48. The van der Waals surface area contributed by atoms with E-state index in [0.717, 1.165) is 23.2 Å². The minimum Gasteiger partial charge on any atom is -0.461 e. The van der Waals surface area contributed by atoms with E-state index in [-0.39, 0.29) is 0 Å². The van der Waals surface area contributed by atoms with Crippen LogP contribution >= 0.6 is 11.9 Å². The number of esters is 1. The van der Waals surface area contributed by atoms with Gasteiger partial charge in [-0.05, 0) is 36.2 Å². The molecule has 0 aromatic heterocycles. The van der Waals surface area contributed by atoms with E-state index in [1.54, 1.807) is 19.1 Å². The molecule has 20 heavy (non-hydrogen) atoms. The second-order valence-electron chi connectivity index (χ2n) is 3.95. The molecule has 1 aromatic carbocycles. The Bertz CT molecular complexity index is 423. The van der Waals surface area contributed by atoms with Crippen LogP contribution in [0.5, 0.6) is 0 Å². The largest absolute Gasteiger partial charge is 0.461 e. The topological polar surface area (TPSA) is 64.8 Å². The fourth-order valence-electron chi connectivity index (χ4n) is 1.38. The second kappa shape index (κ2) is 9.41. The van der Waals surface area contributed by atoms with Crippen LogP contribution in [0.2, 0.25) is 0 Å². The van der Waals surface area contributed by atoms with Crippen LogP contribution in [0.3, 0.4) is 0 Å². The molecule has 0 aliphatic rings. The van der Waals surface area contributed by atoms with Gasteiger partial charge in [-0.1, -0.05) is 6.58 Å². The molecule has 0 heterocycles. The average Bonchev–Trinajstić information content (AvgIpc) is 2.46. The van der Waals surface area contributed by atoms with E-state index in [2.05, 4.69) is 10.9 Å². The van der Waals surface area contributed by atoms with Gasteiger partial charge in [-0.3, -0.25) is 0 Å². The smallest absolute Gasteiger partial charge is 0.330 e. The number of ether oxygens (including phenoxy) is 2. The Morgan fingerprint density at radius 3 is 2.60 bits per heavy atom. The van der Waals surface area contributed by atoms with Gasteiger partial charge in [-0.2, -0.15) is 0 Å². The quantitative estimate of drug-likeness (QED) is 0.325. The Hall–Kier alpha value is -1.50. The van der Waals surface area contributed by atoms with Gasteiger partial charge in [0.15, 0.2) is 0 Å². The lowest BCUT2D eigenvalue weighted by molar-refractivity contribution is -0.137. The van der Waals surface area contributed by atoms with Gasteiger partial charge in [0.05, 0.1) is 6.61 Å². The number of hydrogen-bond acceptors (Lipinski definition) is 6. The van der Waals surface area contributed by atoms with Gasteiger partial charge in [0.2, 0.25) is 0 Å². The molecule has 0 aliphatic heterocycles. The van der Waals surface area contributed by atoms with Gasteiger partial charge < -0.3 is 15.2 Å². The molecule has 1 aromatic rings. The molecule has 0 aliphatic carbocycles. The SMILES string of the molecule is C=CC(=O)OCCN(CCOC)Sc1ccc(N)cc1. The van der Waals surface area contributed by atoms with Crippen molar-refractivity contribution in [2.24, 2.45) is 0 Å². The Morgan fingerprint density at radius 1 is 1.35 bits per heavy atom. The number of methoxy groups -OCH3 is 1. The zero-order valence-electron chi connectivity index (χ0n) is 11.6. The predicted octanol–water partition coefficient (Wildman–Crippen LogP) is 1.95. The summed E-state index contributed by atoms with van der Waals surface area (Å²) in [6, 6.07) is 7.62. The second-order valence-corrected chi connectivity index (χ2v) is 5.12. The van der Waals surface area contributed by atoms with Gasteiger partial charge in [0, 0.05) is 36.9 Å². The van der Waals surface area contributed by atoms with Crippen molar-refractivity contribution in [3.63, 3.8) is 0 Å². The van der Waals surface area contributed by atoms with Crippen molar-refractivity contribution in [1.82, 2.24) is 4.31 Å². The number of carbonyl (C=O) groups excluding carboxylic acids is 1. The Morgan fingerprint density at radius 2 is 2.00 bits per heavy atom. The van der Waals surface area contributed by atoms with Crippen LogP contribution in [0.1, 0.15) is 0 Å². The van der Waals surface area contributed by atoms with Crippen LogP contribution in [-0.2, 0) is 14.3 Å². The standard InChI is InChI=1S/C14H20N2O3S/c1-3-14(17)19-11-9-16(8-10-18-2)20-13-6-4-12(15)5-7-13/h3-7H,1,8-11,15H2,2H3. The summed E-state index contributed by atoms with van der Waals surface area (Å²) in [5, 5.41) is 0. The lowest BCUT2D eigenvalue weighted by Crippen LogP contribution is -2.25. The number of benzene rings is 1. The first-order valence-corrected chi connectivity index (χ1v) is 6.99. The van der Waals surface area contributed by atoms with Crippen molar-refractivity contribution in [1.29, 1.82) is 0 Å². The lowest BCUT2D eigenvalue weighted by Gasteiger charge is -2.20. The molecular weight excluding hydrogens is 276 g/mol. The van der Waals surface area contributed by atoms with Gasteiger partial charge >= 0.3 is 5.97 Å². The molecule has 5 nitrogen and oxygen atoms in total. The van der Waals surface area contributed by atoms with Crippen molar-refractivity contribution in [3.8, 4) is 0 Å². The van der Waals surface area contributed by atoms with E-state index < -0.39 is 5.97 Å². The van der Waals surface area contributed by atoms with Crippen molar-refractivity contribution in [3.05, 3.63) is 36.9 Å². The molecule has 0 amide bonds. The number of hydrogen-bond donors (Lipinski definition) is 1. The molecule has 2 N–H and O–H groups in total. The highest BCUT2D eigenvalue weighted by Gasteiger charge is 2.08. The van der Waals surface area contributed by atoms with E-state index in [9.17, 15) is 4.79 Å². The molecule has 0 radical (unpaired) electrons. The predicted molar refractivity (Wildman–Crippen MR) is 81.3 cm³/mol. The monoisotopic (exact) mass is 296 g/mol. The van der Waals surface area contributed by atoms with Gasteiger partial charge in [0.1, 0.15) is 6.61 Å². The van der Waals surface area contributed by atoms with E-state index in [4.69, 9.17) is 15.2 Å². The van der Waals surface area contributed by atoms with Crippen LogP contribution in [0.4, 0.5) is 5.69 Å². The van der Waals surface area contributed by atoms with Gasteiger partial charge in [-0.15, -0.1) is 0 Å². The van der Waals surface area contributed by atoms with Gasteiger partial charge in [-0.25, -0.2) is 9.10 Å². The molecular formula is C14H20N2O3S. The summed E-state index contributed by atoms with van der Waals surface area (Å²) in [6.45, 7) is 5.63. The molecule has 0 saturated carbocycles. The highest BCUT2D eigenvalue weighted by Crippen LogP contribution is 2.23. The third-order valence-electron chi connectivity index (χ3n) is 2.41. The van der Waals surface area contributed by atoms with Crippen molar-refractivity contribution >= 4 is 23.6 Å². The molecule has 0 spiro atoms. The summed E-state index contributed by atoms with van der Waals surface area (Å²) in [5.41, 5.74) is 6.39. The Kier molecular flexibility index (Phi) is 7.79. The third kappa shape index (κ3) is 6.60. The molecule has 110 valence electrons. The van der Waals surface area contributed by atoms with Crippen molar-refractivity contribution < 1.29 is 14.3 Å². The normalized spacial score (nSPS) is 10.5. The maximum atomic E-state index is 11.0. The van der Waals surface area contributed by atoms with Crippen LogP contribution in [-0.4, -0.2) is 43.7 Å². The first-order chi connectivity index (χ1) is 9.65. The number of anilines is 1. The summed E-state index contributed by atoms with van der Waals surface area (Å²) in [6.07, 6.45) is 1.16. The van der Waals surface area contributed by atoms with Crippen molar-refractivity contribution in [2.45, 2.75) is 4.90 Å². The fraction of sp³-hybridized carbons (Fsp3) is 0.357. The average molecular weight is 296 g/mol. The molecule has 1 rings (SSSR count). The molecule has 0 saturated heterocycles. The number of nitrogens with zero attached hydrogens (tertiary/aromatic N) is 1. The summed E-state index contributed by atoms with van der Waals surface area (Å²) in [4.78, 5) is 12.1. The van der Waals surface area contributed by atoms with Crippen LogP contribution < -0.4 is 5.73 Å². The summed E-state index contributed by atoms with van der Waals surface area (Å²) >= 11 is 1.58. The van der Waals surface area contributed by atoms with E-state index in [0.29, 0.717) is 19.8 Å². The summed E-state index contributed by atoms with van der Waals surface area (Å²) < 4.78 is 12.1. The third-order valence-corrected chi connectivity index (χ3v) is 3.52. The molecule has 0 fully saturated rings. The highest BCUT2D eigenvalue weighted by molar-refractivity contribution is 7.97. The van der Waals surface area contributed by atoms with E-state index in [1.807, 2.05) is 24.3 Å². The van der Waals surface area contributed by atoms with E-state index >= 15 is 0 Å². The number of rotatable bonds is 9. The lowest BCUT2D eigenvalue weighted by atomic mass is 10.3. The summed E-state index contributed by atoms with van der Waals surface area (Å²) in [5.74, 6) is -0.408. The first-order valence-electron chi connectivity index (χ1n) is 6.22. The molecule has 0 atom stereocenters. The van der Waals surface area contributed by atoms with Crippen molar-refractivity contribution in [2.75, 3.05) is 39.1 Å². The summed E-state index contributed by atoms with van der Waals surface area (Å²) in [7, 11) is 1.66. The molecule has 0 bridgehead atoms. The fourth-order valence-corrected chi connectivity index (χ4v) is 2.27. The molecule has 0 unspecified atom stereocenters. The minimum atomic E-state index is -0.408. The zero-order valence-corrected chi connectivity index (χ0v) is 12.4. The number of carbonyl (C=O) groups is 1. The van der Waals surface area contributed by atoms with Crippen LogP contribution in [0.15, 0.2) is 41.8 Å². The van der Waals surface area contributed by atoms with Gasteiger partial charge in [0.25, 0.3) is 0 Å². The first kappa shape index (κ1) is 16.6. The van der Waals surface area contributed by atoms with E-state index in [1.165, 1.54) is 0 Å². The minimum absolute atomic E-state index is 0.316. The van der Waals surface area contributed by atoms with Crippen LogP contribution in [0, 0.1) is 0 Å².